The minimum absolute atomic E-state index is 0.00517. The number of nitrogens with one attached hydrogen (secondary N) is 1. The molecule has 3 nitrogen and oxygen atoms in total. The van der Waals surface area contributed by atoms with Gasteiger partial charge in [-0.25, -0.2) is 8.78 Å². The first-order chi connectivity index (χ1) is 7.02. The monoisotopic (exact) mass is 215 g/mol. The van der Waals surface area contributed by atoms with Crippen LogP contribution in [0.1, 0.15) is 17.3 Å². The van der Waals surface area contributed by atoms with Crippen LogP contribution in [-0.2, 0) is 0 Å². The maximum absolute atomic E-state index is 13.1. The van der Waals surface area contributed by atoms with E-state index in [0.717, 1.165) is 6.07 Å². The highest BCUT2D eigenvalue weighted by molar-refractivity contribution is 5.94. The Morgan fingerprint density at radius 3 is 2.80 bits per heavy atom. The van der Waals surface area contributed by atoms with E-state index in [0.29, 0.717) is 0 Å². The summed E-state index contributed by atoms with van der Waals surface area (Å²) in [5, 5.41) is 11.2. The molecule has 1 atom stereocenters. The van der Waals surface area contributed by atoms with Crippen molar-refractivity contribution in [1.82, 2.24) is 5.32 Å². The molecule has 0 aliphatic heterocycles. The Balaban J connectivity index is 2.78. The number of halogens is 2. The van der Waals surface area contributed by atoms with Gasteiger partial charge in [0.2, 0.25) is 0 Å². The molecule has 1 rings (SSSR count). The van der Waals surface area contributed by atoms with Crippen molar-refractivity contribution < 1.29 is 18.7 Å². The van der Waals surface area contributed by atoms with Crippen LogP contribution in [-0.4, -0.2) is 23.7 Å². The van der Waals surface area contributed by atoms with Crippen LogP contribution in [0.5, 0.6) is 0 Å². The Hall–Kier alpha value is -1.49. The van der Waals surface area contributed by atoms with Crippen molar-refractivity contribution >= 4 is 5.91 Å². The summed E-state index contributed by atoms with van der Waals surface area (Å²) >= 11 is 0. The summed E-state index contributed by atoms with van der Waals surface area (Å²) in [6, 6.07) is 3.35. The van der Waals surface area contributed by atoms with Crippen LogP contribution in [0, 0.1) is 11.6 Å². The number of hydrogen-bond donors (Lipinski definition) is 2. The van der Waals surface area contributed by atoms with Gasteiger partial charge in [-0.2, -0.15) is 0 Å². The highest BCUT2D eigenvalue weighted by atomic mass is 19.2. The molecule has 0 heterocycles. The van der Waals surface area contributed by atoms with E-state index in [1.54, 1.807) is 0 Å². The topological polar surface area (TPSA) is 49.3 Å². The van der Waals surface area contributed by atoms with E-state index in [9.17, 15) is 13.6 Å². The molecule has 1 amide bonds. The summed E-state index contributed by atoms with van der Waals surface area (Å²) in [6.45, 7) is 1.47. The van der Waals surface area contributed by atoms with Crippen molar-refractivity contribution in [2.75, 3.05) is 6.54 Å². The minimum atomic E-state index is -1.18. The third-order valence-corrected chi connectivity index (χ3v) is 1.75. The van der Waals surface area contributed by atoms with Crippen LogP contribution >= 0.6 is 0 Å². The second-order valence-electron chi connectivity index (χ2n) is 3.16. The van der Waals surface area contributed by atoms with Crippen LogP contribution in [0.15, 0.2) is 18.2 Å². The zero-order valence-corrected chi connectivity index (χ0v) is 8.13. The third-order valence-electron chi connectivity index (χ3n) is 1.75. The molecule has 0 spiro atoms. The lowest BCUT2D eigenvalue weighted by molar-refractivity contribution is 0.0919. The minimum Gasteiger partial charge on any atom is -0.392 e. The van der Waals surface area contributed by atoms with Gasteiger partial charge in [-0.3, -0.25) is 4.79 Å². The lowest BCUT2D eigenvalue weighted by Crippen LogP contribution is -2.31. The predicted molar refractivity (Wildman–Crippen MR) is 50.4 cm³/mol. The third kappa shape index (κ3) is 2.99. The lowest BCUT2D eigenvalue weighted by Gasteiger charge is -2.07. The van der Waals surface area contributed by atoms with Crippen molar-refractivity contribution in [3.05, 3.63) is 35.4 Å². The highest BCUT2D eigenvalue weighted by Crippen LogP contribution is 2.10. The molecule has 1 aromatic carbocycles. The summed E-state index contributed by atoms with van der Waals surface area (Å²) < 4.78 is 25.8. The summed E-state index contributed by atoms with van der Waals surface area (Å²) in [7, 11) is 0. The number of aliphatic hydroxyl groups excluding tert-OH is 1. The average Bonchev–Trinajstić information content (AvgIpc) is 2.18. The van der Waals surface area contributed by atoms with Crippen molar-refractivity contribution in [2.45, 2.75) is 13.0 Å². The largest absolute Gasteiger partial charge is 0.392 e. The second-order valence-corrected chi connectivity index (χ2v) is 3.16. The molecule has 0 aromatic heterocycles. The molecule has 0 aliphatic rings. The predicted octanol–water partition coefficient (Wildman–Crippen LogP) is 1.08. The molecule has 2 N–H and O–H groups in total. The molecule has 5 heteroatoms. The molecule has 0 saturated carbocycles. The van der Waals surface area contributed by atoms with Gasteiger partial charge in [-0.15, -0.1) is 0 Å². The van der Waals surface area contributed by atoms with E-state index in [4.69, 9.17) is 5.11 Å². The molecular weight excluding hydrogens is 204 g/mol. The number of benzene rings is 1. The van der Waals surface area contributed by atoms with Crippen LogP contribution in [0.4, 0.5) is 8.78 Å². The Morgan fingerprint density at radius 1 is 1.53 bits per heavy atom. The molecule has 0 fully saturated rings. The Kier molecular flexibility index (Phi) is 3.74. The summed E-state index contributed by atoms with van der Waals surface area (Å²) in [5.74, 6) is -2.99. The van der Waals surface area contributed by atoms with E-state index in [1.807, 2.05) is 0 Å². The fraction of sp³-hybridized carbons (Fsp3) is 0.300. The first kappa shape index (κ1) is 11.6. The molecular formula is C10H11F2NO2. The Labute approximate surface area is 85.7 Å². The number of carbonyl (C=O) groups is 1. The van der Waals surface area contributed by atoms with Crippen molar-refractivity contribution in [2.24, 2.45) is 0 Å². The van der Waals surface area contributed by atoms with Crippen molar-refractivity contribution in [1.29, 1.82) is 0 Å². The SMILES string of the molecule is C[C@@H](O)CNC(=O)c1cccc(F)c1F. The van der Waals surface area contributed by atoms with Crippen molar-refractivity contribution in [3.8, 4) is 0 Å². The van der Waals surface area contributed by atoms with E-state index in [1.165, 1.54) is 19.1 Å². The average molecular weight is 215 g/mol. The first-order valence-corrected chi connectivity index (χ1v) is 4.42. The van der Waals surface area contributed by atoms with Gasteiger partial charge in [0, 0.05) is 6.54 Å². The molecule has 0 bridgehead atoms. The standard InChI is InChI=1S/C10H11F2NO2/c1-6(14)5-13-10(15)7-3-2-4-8(11)9(7)12/h2-4,6,14H,5H2,1H3,(H,13,15)/t6-/m1/s1. The van der Waals surface area contributed by atoms with Gasteiger partial charge in [0.05, 0.1) is 11.7 Å². The molecule has 0 saturated heterocycles. The fourth-order valence-electron chi connectivity index (χ4n) is 1.01. The summed E-state index contributed by atoms with van der Waals surface area (Å²) in [4.78, 5) is 11.3. The molecule has 0 radical (unpaired) electrons. The van der Waals surface area contributed by atoms with Gasteiger partial charge in [0.15, 0.2) is 11.6 Å². The first-order valence-electron chi connectivity index (χ1n) is 4.42. The molecule has 1 aromatic rings. The zero-order valence-electron chi connectivity index (χ0n) is 8.13. The van der Waals surface area contributed by atoms with Crippen molar-refractivity contribution in [3.63, 3.8) is 0 Å². The molecule has 0 aliphatic carbocycles. The van der Waals surface area contributed by atoms with Gasteiger partial charge < -0.3 is 10.4 Å². The van der Waals surface area contributed by atoms with Gasteiger partial charge in [-0.1, -0.05) is 6.07 Å². The molecule has 82 valence electrons. The lowest BCUT2D eigenvalue weighted by atomic mass is 10.2. The number of hydrogen-bond acceptors (Lipinski definition) is 2. The Bertz CT molecular complexity index is 366. The Morgan fingerprint density at radius 2 is 2.20 bits per heavy atom. The van der Waals surface area contributed by atoms with Gasteiger partial charge in [0.1, 0.15) is 0 Å². The normalized spacial score (nSPS) is 12.3. The maximum atomic E-state index is 13.1. The van der Waals surface area contributed by atoms with Gasteiger partial charge >= 0.3 is 0 Å². The number of amides is 1. The summed E-state index contributed by atoms with van der Waals surface area (Å²) in [6.07, 6.45) is -0.731. The quantitative estimate of drug-likeness (QED) is 0.792. The van der Waals surface area contributed by atoms with E-state index in [2.05, 4.69) is 5.32 Å². The molecule has 0 unspecified atom stereocenters. The van der Waals surface area contributed by atoms with Crippen LogP contribution in [0.25, 0.3) is 0 Å². The number of rotatable bonds is 3. The van der Waals surface area contributed by atoms with E-state index < -0.39 is 23.6 Å². The fourth-order valence-corrected chi connectivity index (χ4v) is 1.01. The summed E-state index contributed by atoms with van der Waals surface area (Å²) in [5.41, 5.74) is -0.365. The van der Waals surface area contributed by atoms with E-state index >= 15 is 0 Å². The van der Waals surface area contributed by atoms with Crippen LogP contribution < -0.4 is 5.32 Å². The van der Waals surface area contributed by atoms with Crippen LogP contribution in [0.3, 0.4) is 0 Å². The second kappa shape index (κ2) is 4.84. The zero-order chi connectivity index (χ0) is 11.4. The smallest absolute Gasteiger partial charge is 0.254 e. The van der Waals surface area contributed by atoms with Gasteiger partial charge in [0.25, 0.3) is 5.91 Å². The van der Waals surface area contributed by atoms with Crippen LogP contribution in [0.2, 0.25) is 0 Å². The number of aliphatic hydroxyl groups is 1. The number of carbonyl (C=O) groups excluding carboxylic acids is 1. The highest BCUT2D eigenvalue weighted by Gasteiger charge is 2.14. The van der Waals surface area contributed by atoms with Gasteiger partial charge in [-0.05, 0) is 19.1 Å². The van der Waals surface area contributed by atoms with E-state index in [-0.39, 0.29) is 12.1 Å². The maximum Gasteiger partial charge on any atom is 0.254 e. The molecule has 15 heavy (non-hydrogen) atoms.